The number of imide groups is 2. The first-order chi connectivity index (χ1) is 15.0. The van der Waals surface area contributed by atoms with Gasteiger partial charge < -0.3 is 10.2 Å². The number of amides is 5. The number of hydrogen-bond donors (Lipinski definition) is 1. The second-order valence-corrected chi connectivity index (χ2v) is 7.95. The van der Waals surface area contributed by atoms with Gasteiger partial charge in [-0.25, -0.2) is 9.69 Å². The fraction of sp³-hybridized carbons (Fsp3) is 0.478. The van der Waals surface area contributed by atoms with E-state index in [1.165, 1.54) is 5.57 Å². The van der Waals surface area contributed by atoms with Crippen LogP contribution in [0.1, 0.15) is 38.5 Å². The lowest BCUT2D eigenvalue weighted by Gasteiger charge is -2.19. The molecule has 8 nitrogen and oxygen atoms in total. The number of rotatable bonds is 10. The Balaban J connectivity index is 1.41. The second-order valence-electron chi connectivity index (χ2n) is 7.95. The monoisotopic (exact) mass is 426 g/mol. The molecule has 31 heavy (non-hydrogen) atoms. The van der Waals surface area contributed by atoms with Crippen molar-refractivity contribution in [2.24, 2.45) is 0 Å². The summed E-state index contributed by atoms with van der Waals surface area (Å²) in [7, 11) is 1.97. The van der Waals surface area contributed by atoms with Crippen molar-refractivity contribution in [3.8, 4) is 0 Å². The van der Waals surface area contributed by atoms with Gasteiger partial charge in [-0.1, -0.05) is 29.8 Å². The van der Waals surface area contributed by atoms with Crippen LogP contribution in [-0.4, -0.2) is 66.8 Å². The molecular weight excluding hydrogens is 396 g/mol. The summed E-state index contributed by atoms with van der Waals surface area (Å²) in [4.78, 5) is 52.9. The van der Waals surface area contributed by atoms with Gasteiger partial charge in [-0.2, -0.15) is 0 Å². The van der Waals surface area contributed by atoms with Gasteiger partial charge in [-0.05, 0) is 50.7 Å². The van der Waals surface area contributed by atoms with Gasteiger partial charge in [0.25, 0.3) is 0 Å². The van der Waals surface area contributed by atoms with Gasteiger partial charge in [-0.15, -0.1) is 0 Å². The normalized spacial score (nSPS) is 16.5. The number of para-hydroxylation sites is 1. The summed E-state index contributed by atoms with van der Waals surface area (Å²) in [6.45, 7) is 0.905. The molecule has 0 bridgehead atoms. The third-order valence-corrected chi connectivity index (χ3v) is 5.67. The van der Waals surface area contributed by atoms with Crippen LogP contribution >= 0.6 is 0 Å². The lowest BCUT2D eigenvalue weighted by atomic mass is 9.97. The van der Waals surface area contributed by atoms with Crippen molar-refractivity contribution in [3.63, 3.8) is 0 Å². The number of allylic oxidation sites excluding steroid dienone is 1. The Bertz CT molecular complexity index is 852. The van der Waals surface area contributed by atoms with E-state index >= 15 is 0 Å². The molecule has 1 N–H and O–H groups in total. The number of hydrogen-bond acceptors (Lipinski definition) is 5. The minimum absolute atomic E-state index is 0.180. The Morgan fingerprint density at radius 1 is 1.06 bits per heavy atom. The van der Waals surface area contributed by atoms with E-state index in [4.69, 9.17) is 0 Å². The molecular formula is C23H30N4O4. The van der Waals surface area contributed by atoms with Gasteiger partial charge in [0.2, 0.25) is 5.91 Å². The second kappa shape index (κ2) is 10.7. The molecule has 0 spiro atoms. The van der Waals surface area contributed by atoms with E-state index in [1.54, 1.807) is 0 Å². The number of nitrogens with zero attached hydrogens (tertiary/aromatic N) is 3. The predicted molar refractivity (Wildman–Crippen MR) is 117 cm³/mol. The molecule has 1 fully saturated rings. The predicted octanol–water partition coefficient (Wildman–Crippen LogP) is 2.31. The SMILES string of the molecule is CN(CCCNC(=O)CN1C(=O)C(=O)N(CCC2=CCCCC2)C1=O)c1ccccc1. The fourth-order valence-electron chi connectivity index (χ4n) is 3.83. The lowest BCUT2D eigenvalue weighted by Crippen LogP contribution is -2.42. The average molecular weight is 427 g/mol. The summed E-state index contributed by atoms with van der Waals surface area (Å²) in [5, 5.41) is 2.72. The Morgan fingerprint density at radius 3 is 2.52 bits per heavy atom. The van der Waals surface area contributed by atoms with Crippen molar-refractivity contribution in [2.45, 2.75) is 38.5 Å². The fourth-order valence-corrected chi connectivity index (χ4v) is 3.83. The third-order valence-electron chi connectivity index (χ3n) is 5.67. The number of carbonyl (C=O) groups excluding carboxylic acids is 4. The molecule has 1 aliphatic carbocycles. The maximum atomic E-state index is 12.5. The maximum Gasteiger partial charge on any atom is 0.334 e. The molecule has 0 saturated carbocycles. The maximum absolute atomic E-state index is 12.5. The number of nitrogens with one attached hydrogen (secondary N) is 1. The largest absolute Gasteiger partial charge is 0.375 e. The first-order valence-electron chi connectivity index (χ1n) is 10.9. The smallest absolute Gasteiger partial charge is 0.334 e. The average Bonchev–Trinajstić information content (AvgIpc) is 2.99. The number of anilines is 1. The topological polar surface area (TPSA) is 90.0 Å². The van der Waals surface area contributed by atoms with Crippen molar-refractivity contribution in [1.82, 2.24) is 15.1 Å². The lowest BCUT2D eigenvalue weighted by molar-refractivity contribution is -0.144. The highest BCUT2D eigenvalue weighted by molar-refractivity contribution is 6.45. The molecule has 8 heteroatoms. The zero-order chi connectivity index (χ0) is 22.2. The number of benzene rings is 1. The van der Waals surface area contributed by atoms with Gasteiger partial charge >= 0.3 is 17.8 Å². The minimum Gasteiger partial charge on any atom is -0.375 e. The van der Waals surface area contributed by atoms with Crippen LogP contribution < -0.4 is 10.2 Å². The quantitative estimate of drug-likeness (QED) is 0.268. The molecule has 1 heterocycles. The van der Waals surface area contributed by atoms with Gasteiger partial charge in [0, 0.05) is 32.4 Å². The molecule has 3 rings (SSSR count). The van der Waals surface area contributed by atoms with Crippen LogP contribution in [0.3, 0.4) is 0 Å². The molecule has 0 atom stereocenters. The molecule has 1 aliphatic heterocycles. The number of carbonyl (C=O) groups is 4. The van der Waals surface area contributed by atoms with E-state index in [-0.39, 0.29) is 6.54 Å². The van der Waals surface area contributed by atoms with Crippen molar-refractivity contribution in [1.29, 1.82) is 0 Å². The van der Waals surface area contributed by atoms with E-state index in [9.17, 15) is 19.2 Å². The van der Waals surface area contributed by atoms with Gasteiger partial charge in [-0.3, -0.25) is 19.3 Å². The van der Waals surface area contributed by atoms with Gasteiger partial charge in [0.1, 0.15) is 6.54 Å². The number of urea groups is 1. The molecule has 1 aromatic rings. The Hall–Kier alpha value is -3.16. The van der Waals surface area contributed by atoms with Crippen LogP contribution in [0.5, 0.6) is 0 Å². The zero-order valence-electron chi connectivity index (χ0n) is 18.0. The van der Waals surface area contributed by atoms with Crippen LogP contribution in [-0.2, 0) is 14.4 Å². The summed E-state index contributed by atoms with van der Waals surface area (Å²) in [5.41, 5.74) is 2.31. The van der Waals surface area contributed by atoms with E-state index in [0.717, 1.165) is 47.7 Å². The molecule has 5 amide bonds. The summed E-state index contributed by atoms with van der Waals surface area (Å²) in [6.07, 6.45) is 7.70. The van der Waals surface area contributed by atoms with E-state index in [2.05, 4.69) is 16.3 Å². The van der Waals surface area contributed by atoms with Crippen molar-refractivity contribution < 1.29 is 19.2 Å². The first kappa shape index (κ1) is 22.5. The summed E-state index contributed by atoms with van der Waals surface area (Å²) in [5.74, 6) is -2.23. The van der Waals surface area contributed by atoms with E-state index < -0.39 is 30.3 Å². The van der Waals surface area contributed by atoms with Crippen molar-refractivity contribution in [2.75, 3.05) is 38.1 Å². The highest BCUT2D eigenvalue weighted by Crippen LogP contribution is 2.22. The van der Waals surface area contributed by atoms with E-state index in [1.807, 2.05) is 37.4 Å². The molecule has 0 radical (unpaired) electrons. The van der Waals surface area contributed by atoms with Crippen LogP contribution in [0.4, 0.5) is 10.5 Å². The van der Waals surface area contributed by atoms with Crippen LogP contribution in [0.25, 0.3) is 0 Å². The van der Waals surface area contributed by atoms with E-state index in [0.29, 0.717) is 19.4 Å². The Labute approximate surface area is 182 Å². The summed E-state index contributed by atoms with van der Waals surface area (Å²) >= 11 is 0. The summed E-state index contributed by atoms with van der Waals surface area (Å²) in [6, 6.07) is 9.21. The molecule has 0 unspecified atom stereocenters. The Morgan fingerprint density at radius 2 is 1.81 bits per heavy atom. The Kier molecular flexibility index (Phi) is 7.81. The molecule has 0 aromatic heterocycles. The standard InChI is InChI=1S/C23H30N4O4/c1-25(19-11-6-3-7-12-19)15-8-14-24-20(28)17-27-22(30)21(29)26(23(27)31)16-13-18-9-4-2-5-10-18/h3,6-7,9,11-12H,2,4-5,8,10,13-17H2,1H3,(H,24,28). The van der Waals surface area contributed by atoms with Gasteiger partial charge in [0.05, 0.1) is 0 Å². The molecule has 1 saturated heterocycles. The van der Waals surface area contributed by atoms with Gasteiger partial charge in [0.15, 0.2) is 0 Å². The molecule has 166 valence electrons. The third kappa shape index (κ3) is 5.93. The van der Waals surface area contributed by atoms with Crippen molar-refractivity contribution >= 4 is 29.4 Å². The highest BCUT2D eigenvalue weighted by Gasteiger charge is 2.44. The van der Waals surface area contributed by atoms with Crippen LogP contribution in [0.2, 0.25) is 0 Å². The molecule has 2 aliphatic rings. The molecule has 1 aromatic carbocycles. The van der Waals surface area contributed by atoms with Crippen LogP contribution in [0, 0.1) is 0 Å². The van der Waals surface area contributed by atoms with Crippen molar-refractivity contribution in [3.05, 3.63) is 42.0 Å². The zero-order valence-corrected chi connectivity index (χ0v) is 18.0. The minimum atomic E-state index is -0.929. The highest BCUT2D eigenvalue weighted by atomic mass is 16.2. The van der Waals surface area contributed by atoms with Crippen LogP contribution in [0.15, 0.2) is 42.0 Å². The first-order valence-corrected chi connectivity index (χ1v) is 10.9. The summed E-state index contributed by atoms with van der Waals surface area (Å²) < 4.78 is 0.